The molecule has 1 aromatic heterocycles. The third-order valence-corrected chi connectivity index (χ3v) is 3.40. The summed E-state index contributed by atoms with van der Waals surface area (Å²) in [5.74, 6) is -0.875. The molecular weight excluding hydrogens is 308 g/mol. The van der Waals surface area contributed by atoms with E-state index in [4.69, 9.17) is 10.5 Å². The number of hydrogen-bond acceptors (Lipinski definition) is 5. The molecule has 126 valence electrons. The zero-order valence-corrected chi connectivity index (χ0v) is 14.4. The van der Waals surface area contributed by atoms with Gasteiger partial charge in [0.1, 0.15) is 0 Å². The lowest BCUT2D eigenvalue weighted by atomic mass is 10.0. The Kier molecular flexibility index (Phi) is 7.55. The fourth-order valence-corrected chi connectivity index (χ4v) is 1.59. The van der Waals surface area contributed by atoms with Gasteiger partial charge >= 0.3 is 5.97 Å². The van der Waals surface area contributed by atoms with Gasteiger partial charge in [0.25, 0.3) is 0 Å². The van der Waals surface area contributed by atoms with Gasteiger partial charge in [0.15, 0.2) is 5.54 Å². The molecule has 2 atom stereocenters. The highest BCUT2D eigenvalue weighted by Gasteiger charge is 2.32. The van der Waals surface area contributed by atoms with Crippen LogP contribution in [0.1, 0.15) is 34.6 Å². The van der Waals surface area contributed by atoms with Gasteiger partial charge in [0.05, 0.1) is 24.4 Å². The maximum absolute atomic E-state index is 11.9. The van der Waals surface area contributed by atoms with E-state index in [1.54, 1.807) is 40.8 Å². The highest BCUT2D eigenvalue weighted by Crippen LogP contribution is 2.19. The maximum atomic E-state index is 11.9. The Balaban J connectivity index is 0.00000441. The summed E-state index contributed by atoms with van der Waals surface area (Å²) >= 11 is 0. The van der Waals surface area contributed by atoms with E-state index in [2.05, 4.69) is 10.4 Å². The van der Waals surface area contributed by atoms with E-state index in [-0.39, 0.29) is 36.2 Å². The van der Waals surface area contributed by atoms with Crippen molar-refractivity contribution < 1.29 is 14.3 Å². The molecule has 3 N–H and O–H groups in total. The number of esters is 1. The molecule has 1 amide bonds. The number of hydrogen-bond donors (Lipinski definition) is 2. The molecule has 0 aliphatic rings. The summed E-state index contributed by atoms with van der Waals surface area (Å²) in [6.07, 6.45) is 3.09. The Morgan fingerprint density at radius 1 is 1.45 bits per heavy atom. The first-order chi connectivity index (χ1) is 9.70. The fourth-order valence-electron chi connectivity index (χ4n) is 1.59. The van der Waals surface area contributed by atoms with Crippen LogP contribution in [-0.4, -0.2) is 34.3 Å². The smallest absolute Gasteiger partial charge is 0.333 e. The topological polar surface area (TPSA) is 99.2 Å². The van der Waals surface area contributed by atoms with Crippen LogP contribution >= 0.6 is 12.4 Å². The third-order valence-electron chi connectivity index (χ3n) is 3.40. The summed E-state index contributed by atoms with van der Waals surface area (Å²) in [4.78, 5) is 23.8. The fraction of sp³-hybridized carbons (Fsp3) is 0.643. The lowest BCUT2D eigenvalue weighted by Crippen LogP contribution is -2.38. The molecular formula is C14H25ClN4O3. The minimum Gasteiger partial charge on any atom is -0.464 e. The normalized spacial score (nSPS) is 13.7. The van der Waals surface area contributed by atoms with Gasteiger partial charge in [-0.1, -0.05) is 6.92 Å². The van der Waals surface area contributed by atoms with Gasteiger partial charge in [-0.15, -0.1) is 12.4 Å². The van der Waals surface area contributed by atoms with Crippen molar-refractivity contribution in [3.63, 3.8) is 0 Å². The molecule has 0 aromatic carbocycles. The van der Waals surface area contributed by atoms with Crippen LogP contribution in [0.5, 0.6) is 0 Å². The number of anilines is 1. The van der Waals surface area contributed by atoms with Crippen LogP contribution < -0.4 is 11.1 Å². The van der Waals surface area contributed by atoms with Crippen molar-refractivity contribution in [1.29, 1.82) is 0 Å². The van der Waals surface area contributed by atoms with Crippen LogP contribution in [0.4, 0.5) is 5.69 Å². The molecule has 0 saturated heterocycles. The second kappa shape index (κ2) is 8.14. The largest absolute Gasteiger partial charge is 0.464 e. The number of carbonyl (C=O) groups is 2. The molecule has 1 aromatic rings. The molecule has 0 radical (unpaired) electrons. The quantitative estimate of drug-likeness (QED) is 0.769. The van der Waals surface area contributed by atoms with Crippen molar-refractivity contribution in [2.75, 3.05) is 11.9 Å². The second-order valence-electron chi connectivity index (χ2n) is 5.59. The van der Waals surface area contributed by atoms with E-state index in [9.17, 15) is 9.59 Å². The average molecular weight is 333 g/mol. The summed E-state index contributed by atoms with van der Waals surface area (Å²) in [5, 5.41) is 6.85. The average Bonchev–Trinajstić information content (AvgIpc) is 2.86. The molecule has 0 fully saturated rings. The predicted molar refractivity (Wildman–Crippen MR) is 86.9 cm³/mol. The summed E-state index contributed by atoms with van der Waals surface area (Å²) in [6, 6.07) is -0.240. The number of rotatable bonds is 6. The molecule has 0 saturated carbocycles. The van der Waals surface area contributed by atoms with Crippen molar-refractivity contribution in [2.24, 2.45) is 11.7 Å². The van der Waals surface area contributed by atoms with Gasteiger partial charge in [0, 0.05) is 12.2 Å². The maximum Gasteiger partial charge on any atom is 0.333 e. The number of nitrogens with two attached hydrogens (primary N) is 1. The first kappa shape index (κ1) is 20.4. The molecule has 2 unspecified atom stereocenters. The van der Waals surface area contributed by atoms with Crippen molar-refractivity contribution >= 4 is 30.0 Å². The van der Waals surface area contributed by atoms with Crippen LogP contribution in [-0.2, 0) is 19.9 Å². The first-order valence-electron chi connectivity index (χ1n) is 6.99. The number of aromatic nitrogens is 2. The number of ether oxygens (including phenoxy) is 1. The third kappa shape index (κ3) is 4.71. The Hall–Kier alpha value is -1.60. The van der Waals surface area contributed by atoms with E-state index in [1.807, 2.05) is 0 Å². The summed E-state index contributed by atoms with van der Waals surface area (Å²) in [7, 11) is 0. The van der Waals surface area contributed by atoms with E-state index in [0.29, 0.717) is 12.3 Å². The Morgan fingerprint density at radius 3 is 2.55 bits per heavy atom. The molecule has 1 rings (SSSR count). The molecule has 0 spiro atoms. The monoisotopic (exact) mass is 332 g/mol. The van der Waals surface area contributed by atoms with Gasteiger partial charge in [-0.2, -0.15) is 5.10 Å². The number of carbonyl (C=O) groups excluding carboxylic acids is 2. The zero-order chi connectivity index (χ0) is 16.2. The van der Waals surface area contributed by atoms with Crippen molar-refractivity contribution in [1.82, 2.24) is 9.78 Å². The minimum absolute atomic E-state index is 0. The molecule has 22 heavy (non-hydrogen) atoms. The zero-order valence-electron chi connectivity index (χ0n) is 13.6. The summed E-state index contributed by atoms with van der Waals surface area (Å²) < 4.78 is 6.49. The lowest BCUT2D eigenvalue weighted by molar-refractivity contribution is -0.152. The number of nitrogens with one attached hydrogen (secondary N) is 1. The van der Waals surface area contributed by atoms with Crippen LogP contribution in [0.15, 0.2) is 12.4 Å². The van der Waals surface area contributed by atoms with Crippen molar-refractivity contribution in [2.45, 2.75) is 46.2 Å². The summed E-state index contributed by atoms with van der Waals surface area (Å²) in [6.45, 7) is 8.99. The van der Waals surface area contributed by atoms with Crippen LogP contribution in [0, 0.1) is 5.92 Å². The van der Waals surface area contributed by atoms with Gasteiger partial charge in [0.2, 0.25) is 5.91 Å². The van der Waals surface area contributed by atoms with Gasteiger partial charge < -0.3 is 15.8 Å². The Bertz CT molecular complexity index is 514. The summed E-state index contributed by atoms with van der Waals surface area (Å²) in [5.41, 5.74) is 5.27. The van der Waals surface area contributed by atoms with Gasteiger partial charge in [-0.25, -0.2) is 4.79 Å². The van der Waals surface area contributed by atoms with Crippen molar-refractivity contribution in [3.8, 4) is 0 Å². The first-order valence-corrected chi connectivity index (χ1v) is 6.99. The van der Waals surface area contributed by atoms with Gasteiger partial charge in [-0.05, 0) is 27.7 Å². The van der Waals surface area contributed by atoms with E-state index in [0.717, 1.165) is 0 Å². The van der Waals surface area contributed by atoms with Crippen LogP contribution in [0.3, 0.4) is 0 Å². The van der Waals surface area contributed by atoms with Crippen molar-refractivity contribution in [3.05, 3.63) is 12.4 Å². The molecule has 0 aliphatic carbocycles. The highest BCUT2D eigenvalue weighted by molar-refractivity contribution is 5.92. The van der Waals surface area contributed by atoms with Gasteiger partial charge in [-0.3, -0.25) is 9.48 Å². The van der Waals surface area contributed by atoms with Crippen LogP contribution in [0.2, 0.25) is 0 Å². The molecule has 8 heteroatoms. The molecule has 0 aliphatic heterocycles. The Morgan fingerprint density at radius 2 is 2.05 bits per heavy atom. The highest BCUT2D eigenvalue weighted by atomic mass is 35.5. The lowest BCUT2D eigenvalue weighted by Gasteiger charge is -2.22. The second-order valence-corrected chi connectivity index (χ2v) is 5.59. The number of nitrogens with zero attached hydrogens (tertiary/aromatic N) is 2. The SMILES string of the molecule is CCOC(=O)C(C)(C)n1cc(NC(=O)C(C)C(C)N)cn1.Cl. The molecule has 1 heterocycles. The Labute approximate surface area is 137 Å². The van der Waals surface area contributed by atoms with E-state index in [1.165, 1.54) is 10.9 Å². The molecule has 0 bridgehead atoms. The number of amides is 1. The van der Waals surface area contributed by atoms with Crippen LogP contribution in [0.25, 0.3) is 0 Å². The number of halogens is 1. The molecule has 7 nitrogen and oxygen atoms in total. The van der Waals surface area contributed by atoms with E-state index >= 15 is 0 Å². The minimum atomic E-state index is -0.939. The standard InChI is InChI=1S/C14H24N4O3.ClH/c1-6-21-13(20)14(4,5)18-8-11(7-16-18)17-12(19)9(2)10(3)15;/h7-10H,6,15H2,1-5H3,(H,17,19);1H. The van der Waals surface area contributed by atoms with E-state index < -0.39 is 5.54 Å². The predicted octanol–water partition coefficient (Wildman–Crippen LogP) is 1.52.